The summed E-state index contributed by atoms with van der Waals surface area (Å²) in [5.74, 6) is -0.159. The molecule has 0 bridgehead atoms. The van der Waals surface area contributed by atoms with E-state index in [4.69, 9.17) is 4.74 Å². The number of rotatable bonds is 4. The van der Waals surface area contributed by atoms with Gasteiger partial charge in [-0.3, -0.25) is 4.79 Å². The Morgan fingerprint density at radius 2 is 1.87 bits per heavy atom. The van der Waals surface area contributed by atoms with Crippen LogP contribution in [0.3, 0.4) is 0 Å². The number of carbonyl (C=O) groups excluding carboxylic acids is 1. The first-order chi connectivity index (χ1) is 11.1. The van der Waals surface area contributed by atoms with Gasteiger partial charge in [0.05, 0.1) is 6.61 Å². The summed E-state index contributed by atoms with van der Waals surface area (Å²) >= 11 is 0. The van der Waals surface area contributed by atoms with Gasteiger partial charge in [0, 0.05) is 13.1 Å². The molecule has 0 spiro atoms. The van der Waals surface area contributed by atoms with Crippen LogP contribution in [0.2, 0.25) is 0 Å². The van der Waals surface area contributed by atoms with Gasteiger partial charge in [-0.15, -0.1) is 0 Å². The van der Waals surface area contributed by atoms with Gasteiger partial charge in [0.25, 0.3) is 5.91 Å². The van der Waals surface area contributed by atoms with Crippen LogP contribution in [0, 0.1) is 6.92 Å². The van der Waals surface area contributed by atoms with Crippen molar-refractivity contribution >= 4 is 5.91 Å². The average molecular weight is 311 g/mol. The highest BCUT2D eigenvalue weighted by molar-refractivity contribution is 5.82. The highest BCUT2D eigenvalue weighted by atomic mass is 16.5. The molecule has 0 saturated carbocycles. The maximum atomic E-state index is 12.7. The fourth-order valence-corrected chi connectivity index (χ4v) is 2.78. The Kier molecular flexibility index (Phi) is 4.74. The molecule has 1 aliphatic heterocycles. The van der Waals surface area contributed by atoms with Crippen molar-refractivity contribution in [1.82, 2.24) is 4.90 Å². The lowest BCUT2D eigenvalue weighted by molar-refractivity contribution is -0.164. The van der Waals surface area contributed by atoms with Gasteiger partial charge in [0.2, 0.25) is 0 Å². The molecule has 1 amide bonds. The molecular formula is C19H21NO3. The van der Waals surface area contributed by atoms with Crippen LogP contribution in [0.25, 0.3) is 0 Å². The van der Waals surface area contributed by atoms with Gasteiger partial charge in [0.1, 0.15) is 6.10 Å². The maximum absolute atomic E-state index is 12.7. The molecule has 1 N–H and O–H groups in total. The number of aliphatic hydroxyl groups excluding tert-OH is 1. The monoisotopic (exact) mass is 311 g/mol. The molecule has 0 aliphatic carbocycles. The van der Waals surface area contributed by atoms with Crippen molar-refractivity contribution in [3.05, 3.63) is 71.3 Å². The van der Waals surface area contributed by atoms with Crippen molar-refractivity contribution in [2.75, 3.05) is 13.2 Å². The molecule has 1 heterocycles. The van der Waals surface area contributed by atoms with Gasteiger partial charge in [-0.2, -0.15) is 0 Å². The summed E-state index contributed by atoms with van der Waals surface area (Å²) in [7, 11) is 0. The van der Waals surface area contributed by atoms with E-state index in [-0.39, 0.29) is 5.91 Å². The minimum atomic E-state index is -0.943. The Hall–Kier alpha value is -2.17. The quantitative estimate of drug-likeness (QED) is 0.943. The second-order valence-corrected chi connectivity index (χ2v) is 5.89. The third-order valence-electron chi connectivity index (χ3n) is 4.14. The zero-order valence-corrected chi connectivity index (χ0v) is 13.2. The van der Waals surface area contributed by atoms with Crippen LogP contribution >= 0.6 is 0 Å². The summed E-state index contributed by atoms with van der Waals surface area (Å²) < 4.78 is 5.56. The molecule has 1 fully saturated rings. The lowest BCUT2D eigenvalue weighted by Gasteiger charge is -2.34. The first kappa shape index (κ1) is 15.7. The molecule has 0 radical (unpaired) electrons. The highest BCUT2D eigenvalue weighted by Crippen LogP contribution is 2.24. The number of hydrogen-bond donors (Lipinski definition) is 1. The van der Waals surface area contributed by atoms with Crippen LogP contribution in [-0.4, -0.2) is 35.2 Å². The van der Waals surface area contributed by atoms with Crippen molar-refractivity contribution in [1.29, 1.82) is 0 Å². The van der Waals surface area contributed by atoms with Crippen molar-refractivity contribution in [3.63, 3.8) is 0 Å². The summed E-state index contributed by atoms with van der Waals surface area (Å²) in [5, 5.41) is 10.5. The number of ether oxygens (including phenoxy) is 1. The van der Waals surface area contributed by atoms with E-state index in [1.807, 2.05) is 61.5 Å². The van der Waals surface area contributed by atoms with Crippen LogP contribution < -0.4 is 0 Å². The van der Waals surface area contributed by atoms with Gasteiger partial charge in [-0.25, -0.2) is 0 Å². The number of amides is 1. The first-order valence-electron chi connectivity index (χ1n) is 7.84. The molecule has 2 aromatic carbocycles. The van der Waals surface area contributed by atoms with E-state index in [2.05, 4.69) is 0 Å². The first-order valence-corrected chi connectivity index (χ1v) is 7.84. The van der Waals surface area contributed by atoms with Crippen molar-refractivity contribution in [2.24, 2.45) is 0 Å². The molecule has 2 unspecified atom stereocenters. The number of benzene rings is 2. The van der Waals surface area contributed by atoms with Gasteiger partial charge >= 0.3 is 0 Å². The number of aryl methyl sites for hydroxylation is 1. The Labute approximate surface area is 136 Å². The zero-order chi connectivity index (χ0) is 16.2. The molecule has 1 aliphatic rings. The van der Waals surface area contributed by atoms with E-state index in [1.165, 1.54) is 0 Å². The van der Waals surface area contributed by atoms with Crippen molar-refractivity contribution in [3.8, 4) is 0 Å². The third-order valence-corrected chi connectivity index (χ3v) is 4.14. The topological polar surface area (TPSA) is 49.8 Å². The van der Waals surface area contributed by atoms with Gasteiger partial charge in [-0.05, 0) is 18.1 Å². The fraction of sp³-hybridized carbons (Fsp3) is 0.316. The minimum Gasteiger partial charge on any atom is -0.385 e. The van der Waals surface area contributed by atoms with Crippen LogP contribution in [-0.2, 0) is 16.1 Å². The fourth-order valence-electron chi connectivity index (χ4n) is 2.78. The van der Waals surface area contributed by atoms with Gasteiger partial charge < -0.3 is 14.7 Å². The van der Waals surface area contributed by atoms with Crippen molar-refractivity contribution in [2.45, 2.75) is 25.7 Å². The number of hydrogen-bond acceptors (Lipinski definition) is 3. The Balaban J connectivity index is 1.72. The van der Waals surface area contributed by atoms with E-state index >= 15 is 0 Å². The summed E-state index contributed by atoms with van der Waals surface area (Å²) in [6, 6.07) is 17.4. The summed E-state index contributed by atoms with van der Waals surface area (Å²) in [6.45, 7) is 3.51. The lowest BCUT2D eigenvalue weighted by atomic mass is 10.0. The predicted octanol–water partition coefficient (Wildman–Crippen LogP) is 2.46. The molecule has 4 heteroatoms. The van der Waals surface area contributed by atoms with E-state index in [0.717, 1.165) is 11.1 Å². The van der Waals surface area contributed by atoms with E-state index in [1.54, 1.807) is 4.90 Å². The smallest absolute Gasteiger partial charge is 0.255 e. The van der Waals surface area contributed by atoms with Gasteiger partial charge in [-0.1, -0.05) is 60.2 Å². The Morgan fingerprint density at radius 3 is 2.57 bits per heavy atom. The largest absolute Gasteiger partial charge is 0.385 e. The second-order valence-electron chi connectivity index (χ2n) is 5.89. The van der Waals surface area contributed by atoms with E-state index in [9.17, 15) is 9.90 Å². The maximum Gasteiger partial charge on any atom is 0.255 e. The molecule has 2 aromatic rings. The van der Waals surface area contributed by atoms with Crippen LogP contribution in [0.5, 0.6) is 0 Å². The standard InChI is InChI=1S/C19H21NO3/c1-14-7-9-16(10-8-14)17(21)18-19(22)20(11-12-23-18)13-15-5-3-2-4-6-15/h2-10,17-18,21H,11-13H2,1H3. The van der Waals surface area contributed by atoms with Crippen LogP contribution in [0.1, 0.15) is 22.8 Å². The molecule has 2 atom stereocenters. The summed E-state index contributed by atoms with van der Waals surface area (Å²) in [5.41, 5.74) is 2.89. The summed E-state index contributed by atoms with van der Waals surface area (Å²) in [6.07, 6.45) is -1.78. The molecule has 23 heavy (non-hydrogen) atoms. The molecule has 0 aromatic heterocycles. The molecular weight excluding hydrogens is 290 g/mol. The normalized spacial score (nSPS) is 19.7. The van der Waals surface area contributed by atoms with Gasteiger partial charge in [0.15, 0.2) is 6.10 Å². The molecule has 120 valence electrons. The third kappa shape index (κ3) is 3.60. The molecule has 3 rings (SSSR count). The Bertz CT molecular complexity index is 654. The van der Waals surface area contributed by atoms with Crippen molar-refractivity contribution < 1.29 is 14.6 Å². The summed E-state index contributed by atoms with van der Waals surface area (Å²) in [4.78, 5) is 14.4. The molecule has 4 nitrogen and oxygen atoms in total. The number of carbonyl (C=O) groups is 1. The van der Waals surface area contributed by atoms with E-state index in [0.29, 0.717) is 25.3 Å². The zero-order valence-electron chi connectivity index (χ0n) is 13.2. The number of morpholine rings is 1. The number of aliphatic hydroxyl groups is 1. The van der Waals surface area contributed by atoms with Crippen LogP contribution in [0.15, 0.2) is 54.6 Å². The Morgan fingerprint density at radius 1 is 1.17 bits per heavy atom. The average Bonchev–Trinajstić information content (AvgIpc) is 2.58. The van der Waals surface area contributed by atoms with Crippen LogP contribution in [0.4, 0.5) is 0 Å². The highest BCUT2D eigenvalue weighted by Gasteiger charge is 2.35. The minimum absolute atomic E-state index is 0.159. The van der Waals surface area contributed by atoms with E-state index < -0.39 is 12.2 Å². The second kappa shape index (κ2) is 6.94. The number of nitrogens with zero attached hydrogens (tertiary/aromatic N) is 1. The molecule has 1 saturated heterocycles. The SMILES string of the molecule is Cc1ccc(C(O)C2OCCN(Cc3ccccc3)C2=O)cc1. The predicted molar refractivity (Wildman–Crippen MR) is 87.7 cm³/mol. The lowest BCUT2D eigenvalue weighted by Crippen LogP contribution is -2.49.